The standard InChI is InChI=1S/C26H30N4O2/c1-4-20-18-24(25(32-3)27-19(20)2)28-26(31)30-16-14-29(15-17-30)23-12-10-22(11-13-23)21-8-6-5-7-9-21/h5-13,18H,4,14-17H2,1-3H3,(H,28,31). The van der Waals surface area contributed by atoms with Crippen LogP contribution in [0.4, 0.5) is 16.2 Å². The van der Waals surface area contributed by atoms with Crippen LogP contribution in [-0.4, -0.2) is 49.2 Å². The Balaban J connectivity index is 1.37. The van der Waals surface area contributed by atoms with Gasteiger partial charge in [0.15, 0.2) is 0 Å². The minimum absolute atomic E-state index is 0.116. The van der Waals surface area contributed by atoms with E-state index >= 15 is 0 Å². The molecule has 1 N–H and O–H groups in total. The number of aryl methyl sites for hydroxylation is 2. The van der Waals surface area contributed by atoms with E-state index in [1.54, 1.807) is 7.11 Å². The van der Waals surface area contributed by atoms with E-state index in [1.165, 1.54) is 16.8 Å². The van der Waals surface area contributed by atoms with E-state index in [0.29, 0.717) is 24.7 Å². The van der Waals surface area contributed by atoms with Gasteiger partial charge >= 0.3 is 6.03 Å². The van der Waals surface area contributed by atoms with Crippen molar-refractivity contribution < 1.29 is 9.53 Å². The SMILES string of the molecule is CCc1cc(NC(=O)N2CCN(c3ccc(-c4ccccc4)cc3)CC2)c(OC)nc1C. The van der Waals surface area contributed by atoms with E-state index in [2.05, 4.69) is 70.7 Å². The molecule has 2 amide bonds. The molecule has 1 saturated heterocycles. The van der Waals surface area contributed by atoms with E-state index < -0.39 is 0 Å². The van der Waals surface area contributed by atoms with Crippen molar-refractivity contribution >= 4 is 17.4 Å². The van der Waals surface area contributed by atoms with Crippen LogP contribution in [0.25, 0.3) is 11.1 Å². The fraction of sp³-hybridized carbons (Fsp3) is 0.308. The van der Waals surface area contributed by atoms with Crippen molar-refractivity contribution in [3.05, 3.63) is 71.9 Å². The molecule has 0 atom stereocenters. The molecule has 166 valence electrons. The fourth-order valence-corrected chi connectivity index (χ4v) is 4.09. The van der Waals surface area contributed by atoms with Gasteiger partial charge in [0.2, 0.25) is 5.88 Å². The molecule has 1 aliphatic rings. The summed E-state index contributed by atoms with van der Waals surface area (Å²) >= 11 is 0. The number of pyridine rings is 1. The molecule has 0 bridgehead atoms. The Bertz CT molecular complexity index is 1060. The second-order valence-electron chi connectivity index (χ2n) is 7.96. The number of carbonyl (C=O) groups excluding carboxylic acids is 1. The number of urea groups is 1. The van der Waals surface area contributed by atoms with Crippen LogP contribution in [0.3, 0.4) is 0 Å². The summed E-state index contributed by atoms with van der Waals surface area (Å²) < 4.78 is 5.38. The first kappa shape index (κ1) is 21.7. The minimum Gasteiger partial charge on any atom is -0.480 e. The average molecular weight is 431 g/mol. The van der Waals surface area contributed by atoms with Gasteiger partial charge in [0.1, 0.15) is 5.69 Å². The van der Waals surface area contributed by atoms with E-state index in [4.69, 9.17) is 4.74 Å². The smallest absolute Gasteiger partial charge is 0.322 e. The molecule has 0 unspecified atom stereocenters. The zero-order valence-electron chi connectivity index (χ0n) is 19.0. The number of hydrogen-bond donors (Lipinski definition) is 1. The molecule has 6 heteroatoms. The molecule has 0 saturated carbocycles. The Morgan fingerprint density at radius 1 is 1.00 bits per heavy atom. The number of benzene rings is 2. The third kappa shape index (κ3) is 4.69. The van der Waals surface area contributed by atoms with E-state index in [1.807, 2.05) is 24.0 Å². The van der Waals surface area contributed by atoms with Crippen molar-refractivity contribution in [1.29, 1.82) is 0 Å². The average Bonchev–Trinajstić information content (AvgIpc) is 2.85. The number of carbonyl (C=O) groups is 1. The second-order valence-corrected chi connectivity index (χ2v) is 7.96. The molecule has 6 nitrogen and oxygen atoms in total. The van der Waals surface area contributed by atoms with Crippen LogP contribution in [0.2, 0.25) is 0 Å². The summed E-state index contributed by atoms with van der Waals surface area (Å²) in [5, 5.41) is 2.99. The minimum atomic E-state index is -0.116. The second kappa shape index (κ2) is 9.73. The lowest BCUT2D eigenvalue weighted by molar-refractivity contribution is 0.208. The molecule has 0 aliphatic carbocycles. The number of rotatable bonds is 5. The van der Waals surface area contributed by atoms with Crippen LogP contribution < -0.4 is 15.0 Å². The molecular formula is C26H30N4O2. The largest absolute Gasteiger partial charge is 0.480 e. The molecule has 4 rings (SSSR count). The number of hydrogen-bond acceptors (Lipinski definition) is 4. The number of nitrogens with zero attached hydrogens (tertiary/aromatic N) is 3. The number of nitrogens with one attached hydrogen (secondary N) is 1. The van der Waals surface area contributed by atoms with E-state index in [9.17, 15) is 4.79 Å². The van der Waals surface area contributed by atoms with Gasteiger partial charge in [0.05, 0.1) is 7.11 Å². The highest BCUT2D eigenvalue weighted by Gasteiger charge is 2.23. The lowest BCUT2D eigenvalue weighted by Gasteiger charge is -2.36. The van der Waals surface area contributed by atoms with Crippen molar-refractivity contribution in [1.82, 2.24) is 9.88 Å². The predicted octanol–water partition coefficient (Wildman–Crippen LogP) is 4.98. The molecule has 1 aliphatic heterocycles. The maximum Gasteiger partial charge on any atom is 0.322 e. The van der Waals surface area contributed by atoms with E-state index in [0.717, 1.165) is 30.8 Å². The Morgan fingerprint density at radius 2 is 1.66 bits per heavy atom. The summed E-state index contributed by atoms with van der Waals surface area (Å²) in [5.74, 6) is 0.449. The molecule has 0 radical (unpaired) electrons. The molecular weight excluding hydrogens is 400 g/mol. The van der Waals surface area contributed by atoms with Crippen molar-refractivity contribution in [3.63, 3.8) is 0 Å². The number of piperazine rings is 1. The quantitative estimate of drug-likeness (QED) is 0.620. The monoisotopic (exact) mass is 430 g/mol. The van der Waals surface area contributed by atoms with Gasteiger partial charge in [-0.05, 0) is 48.2 Å². The maximum atomic E-state index is 12.9. The summed E-state index contributed by atoms with van der Waals surface area (Å²) in [7, 11) is 1.57. The van der Waals surface area contributed by atoms with Gasteiger partial charge in [-0.15, -0.1) is 0 Å². The Kier molecular flexibility index (Phi) is 6.59. The third-order valence-corrected chi connectivity index (χ3v) is 6.01. The molecule has 32 heavy (non-hydrogen) atoms. The van der Waals surface area contributed by atoms with Crippen LogP contribution in [-0.2, 0) is 6.42 Å². The number of anilines is 2. The summed E-state index contributed by atoms with van der Waals surface area (Å²) in [6.45, 7) is 6.94. The van der Waals surface area contributed by atoms with Crippen molar-refractivity contribution in [2.45, 2.75) is 20.3 Å². The van der Waals surface area contributed by atoms with Crippen LogP contribution in [0, 0.1) is 6.92 Å². The van der Waals surface area contributed by atoms with Gasteiger partial charge in [0.25, 0.3) is 0 Å². The molecule has 1 fully saturated rings. The molecule has 3 aromatic rings. The first-order chi connectivity index (χ1) is 15.6. The van der Waals surface area contributed by atoms with Crippen molar-refractivity contribution in [3.8, 4) is 17.0 Å². The summed E-state index contributed by atoms with van der Waals surface area (Å²) in [5.41, 5.74) is 6.26. The number of ether oxygens (including phenoxy) is 1. The zero-order chi connectivity index (χ0) is 22.5. The van der Waals surface area contributed by atoms with Crippen molar-refractivity contribution in [2.75, 3.05) is 43.5 Å². The molecule has 0 spiro atoms. The molecule has 1 aromatic heterocycles. The maximum absolute atomic E-state index is 12.9. The number of methoxy groups -OCH3 is 1. The Labute approximate surface area is 189 Å². The van der Waals surface area contributed by atoms with Gasteiger partial charge in [-0.3, -0.25) is 0 Å². The summed E-state index contributed by atoms with van der Waals surface area (Å²) in [6, 6.07) is 20.9. The summed E-state index contributed by atoms with van der Waals surface area (Å²) in [6.07, 6.45) is 0.855. The van der Waals surface area contributed by atoms with Crippen molar-refractivity contribution in [2.24, 2.45) is 0 Å². The predicted molar refractivity (Wildman–Crippen MR) is 130 cm³/mol. The molecule has 2 aromatic carbocycles. The Morgan fingerprint density at radius 3 is 2.28 bits per heavy atom. The molecule has 2 heterocycles. The fourth-order valence-electron chi connectivity index (χ4n) is 4.09. The first-order valence-electron chi connectivity index (χ1n) is 11.1. The number of aromatic nitrogens is 1. The van der Waals surface area contributed by atoms with Gasteiger partial charge in [-0.1, -0.05) is 49.4 Å². The van der Waals surface area contributed by atoms with E-state index in [-0.39, 0.29) is 6.03 Å². The highest BCUT2D eigenvalue weighted by molar-refractivity contribution is 5.91. The third-order valence-electron chi connectivity index (χ3n) is 6.01. The first-order valence-corrected chi connectivity index (χ1v) is 11.1. The van der Waals surface area contributed by atoms with Gasteiger partial charge in [0, 0.05) is 37.6 Å². The lowest BCUT2D eigenvalue weighted by atomic mass is 10.1. The Hall–Kier alpha value is -3.54. The normalized spacial score (nSPS) is 13.7. The summed E-state index contributed by atoms with van der Waals surface area (Å²) in [4.78, 5) is 21.5. The lowest BCUT2D eigenvalue weighted by Crippen LogP contribution is -2.50. The van der Waals surface area contributed by atoms with Gasteiger partial charge in [-0.2, -0.15) is 0 Å². The highest BCUT2D eigenvalue weighted by Crippen LogP contribution is 2.27. The topological polar surface area (TPSA) is 57.7 Å². The van der Waals surface area contributed by atoms with Gasteiger partial charge < -0.3 is 19.9 Å². The zero-order valence-corrected chi connectivity index (χ0v) is 19.0. The van der Waals surface area contributed by atoms with Crippen LogP contribution in [0.15, 0.2) is 60.7 Å². The van der Waals surface area contributed by atoms with Gasteiger partial charge in [-0.25, -0.2) is 9.78 Å². The van der Waals surface area contributed by atoms with Crippen LogP contribution in [0.1, 0.15) is 18.2 Å². The van der Waals surface area contributed by atoms with Crippen LogP contribution >= 0.6 is 0 Å². The van der Waals surface area contributed by atoms with Crippen LogP contribution in [0.5, 0.6) is 5.88 Å². The highest BCUT2D eigenvalue weighted by atomic mass is 16.5. The number of amides is 2.